The lowest BCUT2D eigenvalue weighted by Gasteiger charge is -2.33. The third-order valence-electron chi connectivity index (χ3n) is 13.1. The van der Waals surface area contributed by atoms with E-state index in [0.717, 1.165) is 66.3 Å². The van der Waals surface area contributed by atoms with Gasteiger partial charge in [0.15, 0.2) is 11.6 Å². The first kappa shape index (κ1) is 40.4. The minimum atomic E-state index is -0.155. The van der Waals surface area contributed by atoms with Gasteiger partial charge in [-0.3, -0.25) is 9.59 Å². The number of carbonyl (C=O) groups is 2. The molecule has 0 N–H and O–H groups in total. The monoisotopic (exact) mass is 862 g/mol. The molecule has 0 aromatic heterocycles. The summed E-state index contributed by atoms with van der Waals surface area (Å²) in [6.07, 6.45) is 28.6. The van der Waals surface area contributed by atoms with Gasteiger partial charge < -0.3 is 0 Å². The largest absolute Gasteiger partial charge is 0.289 e. The highest BCUT2D eigenvalue weighted by molar-refractivity contribution is 9.10. The number of rotatable bonds is 22. The minimum Gasteiger partial charge on any atom is -0.289 e. The third kappa shape index (κ3) is 8.43. The SMILES string of the molecule is CCCCCCCCCCCCC1(CCCCCCCCCCCC)c2cc3c(cc2-c2cc4c(cc21)-c1ccc(Br)cc1C4=O)C(=O)c1cc(Br)ccc1-3. The Morgan fingerprint density at radius 2 is 0.691 bits per heavy atom. The van der Waals surface area contributed by atoms with Gasteiger partial charge in [0.05, 0.1) is 0 Å². The average molecular weight is 865 g/mol. The molecule has 0 amide bonds. The summed E-state index contributed by atoms with van der Waals surface area (Å²) >= 11 is 7.25. The van der Waals surface area contributed by atoms with Crippen molar-refractivity contribution in [3.63, 3.8) is 0 Å². The fourth-order valence-electron chi connectivity index (χ4n) is 10.1. The fraction of sp³-hybridized carbons (Fsp3) is 0.490. The highest BCUT2D eigenvalue weighted by atomic mass is 79.9. The van der Waals surface area contributed by atoms with Gasteiger partial charge in [0, 0.05) is 36.6 Å². The van der Waals surface area contributed by atoms with E-state index in [1.807, 2.05) is 12.1 Å². The highest BCUT2D eigenvalue weighted by Gasteiger charge is 2.46. The molecule has 2 nitrogen and oxygen atoms in total. The Morgan fingerprint density at radius 3 is 1.05 bits per heavy atom. The zero-order chi connectivity index (χ0) is 38.4. The second kappa shape index (κ2) is 18.6. The van der Waals surface area contributed by atoms with Crippen molar-refractivity contribution >= 4 is 43.4 Å². The zero-order valence-corrected chi connectivity index (χ0v) is 36.6. The smallest absolute Gasteiger partial charge is 0.194 e. The molecule has 55 heavy (non-hydrogen) atoms. The molecule has 0 spiro atoms. The summed E-state index contributed by atoms with van der Waals surface area (Å²) < 4.78 is 1.86. The Morgan fingerprint density at radius 1 is 0.364 bits per heavy atom. The summed E-state index contributed by atoms with van der Waals surface area (Å²) in [5, 5.41) is 0. The van der Waals surface area contributed by atoms with Crippen LogP contribution in [0.25, 0.3) is 33.4 Å². The molecular weight excluding hydrogens is 804 g/mol. The molecule has 0 radical (unpaired) electrons. The predicted molar refractivity (Wildman–Crippen MR) is 239 cm³/mol. The van der Waals surface area contributed by atoms with Crippen molar-refractivity contribution in [2.45, 2.75) is 161 Å². The molecule has 0 saturated heterocycles. The molecule has 3 aliphatic carbocycles. The first-order valence-electron chi connectivity index (χ1n) is 21.9. The van der Waals surface area contributed by atoms with Gasteiger partial charge in [-0.2, -0.15) is 0 Å². The highest BCUT2D eigenvalue weighted by Crippen LogP contribution is 2.58. The van der Waals surface area contributed by atoms with Gasteiger partial charge >= 0.3 is 0 Å². The van der Waals surface area contributed by atoms with E-state index < -0.39 is 0 Å². The van der Waals surface area contributed by atoms with Crippen LogP contribution in [0.1, 0.15) is 198 Å². The lowest BCUT2D eigenvalue weighted by Crippen LogP contribution is -2.26. The number of benzene rings is 4. The fourth-order valence-corrected chi connectivity index (χ4v) is 10.8. The van der Waals surface area contributed by atoms with Crippen LogP contribution < -0.4 is 0 Å². The number of halogens is 2. The molecule has 0 saturated carbocycles. The van der Waals surface area contributed by atoms with Crippen LogP contribution in [0.3, 0.4) is 0 Å². The molecule has 0 atom stereocenters. The quantitative estimate of drug-likeness (QED) is 0.0637. The van der Waals surface area contributed by atoms with Crippen molar-refractivity contribution < 1.29 is 9.59 Å². The Bertz CT molecular complexity index is 1880. The molecule has 4 heteroatoms. The van der Waals surface area contributed by atoms with E-state index >= 15 is 0 Å². The van der Waals surface area contributed by atoms with Crippen molar-refractivity contribution in [3.8, 4) is 33.4 Å². The van der Waals surface area contributed by atoms with Crippen LogP contribution in [0, 0.1) is 0 Å². The van der Waals surface area contributed by atoms with Gasteiger partial charge in [-0.15, -0.1) is 0 Å². The van der Waals surface area contributed by atoms with E-state index in [-0.39, 0.29) is 17.0 Å². The number of hydrogen-bond donors (Lipinski definition) is 0. The van der Waals surface area contributed by atoms with E-state index in [2.05, 4.69) is 94.2 Å². The first-order valence-corrected chi connectivity index (χ1v) is 23.5. The van der Waals surface area contributed by atoms with E-state index in [0.29, 0.717) is 0 Å². The van der Waals surface area contributed by atoms with E-state index in [4.69, 9.17) is 0 Å². The topological polar surface area (TPSA) is 34.1 Å². The standard InChI is InChI=1S/C51H60Br2O2/c1-3-5-7-9-11-13-15-17-19-21-27-51(28-22-20-18-16-14-12-10-8-6-4-2)47-33-39-37-25-23-35(52)29-43(37)49(54)45(39)31-41(47)42-32-46-40(34-48(42)51)38-26-24-36(53)30-44(38)50(46)55/h23-26,29-34H,3-22,27-28H2,1-2H3. The van der Waals surface area contributed by atoms with Crippen LogP contribution in [0.5, 0.6) is 0 Å². The van der Waals surface area contributed by atoms with Crippen molar-refractivity contribution in [1.82, 2.24) is 0 Å². The van der Waals surface area contributed by atoms with Crippen molar-refractivity contribution in [2.75, 3.05) is 0 Å². The van der Waals surface area contributed by atoms with E-state index in [9.17, 15) is 9.59 Å². The molecule has 0 heterocycles. The van der Waals surface area contributed by atoms with Crippen molar-refractivity contribution in [3.05, 3.63) is 103 Å². The van der Waals surface area contributed by atoms with E-state index in [1.54, 1.807) is 0 Å². The van der Waals surface area contributed by atoms with Crippen LogP contribution >= 0.6 is 31.9 Å². The second-order valence-electron chi connectivity index (χ2n) is 16.9. The first-order chi connectivity index (χ1) is 26.9. The molecule has 0 bridgehead atoms. The normalized spacial score (nSPS) is 14.2. The maximum absolute atomic E-state index is 14.0. The Labute approximate surface area is 347 Å². The minimum absolute atomic E-state index is 0.104. The lowest BCUT2D eigenvalue weighted by atomic mass is 9.69. The van der Waals surface area contributed by atoms with Crippen LogP contribution in [-0.4, -0.2) is 11.6 Å². The number of carbonyl (C=O) groups excluding carboxylic acids is 2. The maximum atomic E-state index is 14.0. The van der Waals surface area contributed by atoms with Gasteiger partial charge in [-0.05, 0) is 106 Å². The van der Waals surface area contributed by atoms with Crippen LogP contribution in [0.15, 0.2) is 69.6 Å². The summed E-state index contributed by atoms with van der Waals surface area (Å²) in [6.45, 7) is 4.58. The molecule has 290 valence electrons. The van der Waals surface area contributed by atoms with Crippen molar-refractivity contribution in [2.24, 2.45) is 0 Å². The Hall–Kier alpha value is -2.82. The van der Waals surface area contributed by atoms with Crippen molar-refractivity contribution in [1.29, 1.82) is 0 Å². The van der Waals surface area contributed by atoms with Gasteiger partial charge in [-0.1, -0.05) is 186 Å². The molecular formula is C51H60Br2O2. The molecule has 3 aliphatic rings. The molecule has 0 fully saturated rings. The molecule has 4 aromatic rings. The second-order valence-corrected chi connectivity index (χ2v) is 18.7. The van der Waals surface area contributed by atoms with Crippen LogP contribution in [0.2, 0.25) is 0 Å². The summed E-state index contributed by atoms with van der Waals surface area (Å²) in [7, 11) is 0. The van der Waals surface area contributed by atoms with E-state index in [1.165, 1.54) is 151 Å². The van der Waals surface area contributed by atoms with Gasteiger partial charge in [-0.25, -0.2) is 0 Å². The predicted octanol–water partition coefficient (Wildman–Crippen LogP) is 16.5. The van der Waals surface area contributed by atoms with Gasteiger partial charge in [0.1, 0.15) is 0 Å². The van der Waals surface area contributed by atoms with Crippen LogP contribution in [0.4, 0.5) is 0 Å². The van der Waals surface area contributed by atoms with Crippen LogP contribution in [-0.2, 0) is 5.41 Å². The Kier molecular flexibility index (Phi) is 13.7. The third-order valence-corrected chi connectivity index (χ3v) is 14.1. The maximum Gasteiger partial charge on any atom is 0.194 e. The Balaban J connectivity index is 1.22. The summed E-state index contributed by atoms with van der Waals surface area (Å²) in [6, 6.07) is 21.6. The van der Waals surface area contributed by atoms with Gasteiger partial charge in [0.2, 0.25) is 0 Å². The number of ketones is 2. The van der Waals surface area contributed by atoms with Gasteiger partial charge in [0.25, 0.3) is 0 Å². The lowest BCUT2D eigenvalue weighted by molar-refractivity contribution is 0.103. The number of hydrogen-bond acceptors (Lipinski definition) is 2. The molecule has 7 rings (SSSR count). The number of fused-ring (bicyclic) bond motifs is 9. The molecule has 0 aliphatic heterocycles. The zero-order valence-electron chi connectivity index (χ0n) is 33.4. The molecule has 4 aromatic carbocycles. The summed E-state index contributed by atoms with van der Waals surface area (Å²) in [5.41, 5.74) is 12.4. The average Bonchev–Trinajstić information content (AvgIpc) is 3.72. The summed E-state index contributed by atoms with van der Waals surface area (Å²) in [4.78, 5) is 28.0. The number of unbranched alkanes of at least 4 members (excludes halogenated alkanes) is 18. The molecule has 0 unspecified atom stereocenters. The summed E-state index contributed by atoms with van der Waals surface area (Å²) in [5.74, 6) is 0.207.